The highest BCUT2D eigenvalue weighted by molar-refractivity contribution is 6.30. The van der Waals surface area contributed by atoms with Crippen LogP contribution in [0.3, 0.4) is 0 Å². The Morgan fingerprint density at radius 1 is 1.08 bits per heavy atom. The zero-order valence-electron chi connectivity index (χ0n) is 20.6. The van der Waals surface area contributed by atoms with Crippen LogP contribution in [0, 0.1) is 18.8 Å². The quantitative estimate of drug-likeness (QED) is 0.461. The highest BCUT2D eigenvalue weighted by Gasteiger charge is 2.42. The molecular formula is C25H25ClF3N7O2. The van der Waals surface area contributed by atoms with Crippen LogP contribution < -0.4 is 14.6 Å². The zero-order chi connectivity index (χ0) is 26.9. The molecule has 0 aliphatic carbocycles. The second kappa shape index (κ2) is 10.7. The number of benzene rings is 1. The summed E-state index contributed by atoms with van der Waals surface area (Å²) in [5.41, 5.74) is 2.24. The lowest BCUT2D eigenvalue weighted by Gasteiger charge is -2.37. The molecule has 0 amide bonds. The van der Waals surface area contributed by atoms with Gasteiger partial charge in [-0.3, -0.25) is 4.90 Å². The Morgan fingerprint density at radius 3 is 2.50 bits per heavy atom. The molecule has 2 aliphatic rings. The molecule has 2 aromatic heterocycles. The largest absolute Gasteiger partial charge is 0.493 e. The molecule has 0 radical (unpaired) electrons. The van der Waals surface area contributed by atoms with Gasteiger partial charge in [-0.25, -0.2) is 14.8 Å². The third-order valence-electron chi connectivity index (χ3n) is 6.62. The number of anilines is 2. The number of carbonyl (C=O) groups is 1. The van der Waals surface area contributed by atoms with Gasteiger partial charge in [0.1, 0.15) is 17.5 Å². The number of aryl methyl sites for hydroxylation is 1. The molecule has 4 heterocycles. The van der Waals surface area contributed by atoms with Crippen LogP contribution in [0.2, 0.25) is 5.02 Å². The number of carbonyl (C=O) groups excluding carboxylic acids is 1. The summed E-state index contributed by atoms with van der Waals surface area (Å²) < 4.78 is 38.7. The standard InChI is InChI=1S/C25H25ClF3N7O2/c1-17-6-7-18(26)15-20(17)34-11-13-35(14-12-34)22-21-19(5-4-10-33-8-2-3-9-33)32-36(23(21)31-16-30-22)38-24(37)25(27,28)29/h6-7,15-16H,2-3,8-14H2,1H3. The van der Waals surface area contributed by atoms with Crippen molar-refractivity contribution >= 4 is 40.1 Å². The average Bonchev–Trinajstić information content (AvgIpc) is 3.53. The van der Waals surface area contributed by atoms with Crippen LogP contribution in [-0.2, 0) is 4.79 Å². The number of piperazine rings is 1. The van der Waals surface area contributed by atoms with Crippen molar-refractivity contribution < 1.29 is 22.8 Å². The topological polar surface area (TPSA) is 79.6 Å². The van der Waals surface area contributed by atoms with Crippen LogP contribution in [0.15, 0.2) is 24.5 Å². The van der Waals surface area contributed by atoms with Crippen LogP contribution in [0.4, 0.5) is 24.7 Å². The molecule has 38 heavy (non-hydrogen) atoms. The molecule has 13 heteroatoms. The number of fused-ring (bicyclic) bond motifs is 1. The van der Waals surface area contributed by atoms with E-state index in [9.17, 15) is 18.0 Å². The minimum absolute atomic E-state index is 0.0637. The monoisotopic (exact) mass is 547 g/mol. The first-order valence-electron chi connectivity index (χ1n) is 12.2. The normalized spacial score (nSPS) is 16.6. The summed E-state index contributed by atoms with van der Waals surface area (Å²) in [6, 6.07) is 5.76. The van der Waals surface area contributed by atoms with Crippen molar-refractivity contribution in [3.63, 3.8) is 0 Å². The van der Waals surface area contributed by atoms with Crippen molar-refractivity contribution in [1.82, 2.24) is 24.8 Å². The first-order chi connectivity index (χ1) is 18.2. The smallest absolute Gasteiger partial charge is 0.368 e. The van der Waals surface area contributed by atoms with E-state index < -0.39 is 12.1 Å². The molecule has 2 saturated heterocycles. The third-order valence-corrected chi connectivity index (χ3v) is 6.85. The van der Waals surface area contributed by atoms with Gasteiger partial charge in [-0.2, -0.15) is 13.2 Å². The number of hydrogen-bond donors (Lipinski definition) is 0. The fourth-order valence-corrected chi connectivity index (χ4v) is 4.86. The molecule has 9 nitrogen and oxygen atoms in total. The van der Waals surface area contributed by atoms with E-state index in [0.29, 0.717) is 53.8 Å². The summed E-state index contributed by atoms with van der Waals surface area (Å²) in [7, 11) is 0. The Bertz CT molecular complexity index is 1400. The van der Waals surface area contributed by atoms with Crippen LogP contribution in [0.1, 0.15) is 24.1 Å². The predicted octanol–water partition coefficient (Wildman–Crippen LogP) is 3.08. The lowest BCUT2D eigenvalue weighted by Crippen LogP contribution is -2.47. The van der Waals surface area contributed by atoms with Crippen LogP contribution >= 0.6 is 11.6 Å². The van der Waals surface area contributed by atoms with Gasteiger partial charge in [0.05, 0.1) is 6.54 Å². The number of rotatable bonds is 4. The molecule has 1 aromatic carbocycles. The lowest BCUT2D eigenvalue weighted by atomic mass is 10.1. The molecule has 0 unspecified atom stereocenters. The maximum Gasteiger partial charge on any atom is 0.493 e. The summed E-state index contributed by atoms with van der Waals surface area (Å²) in [4.78, 5) is 31.5. The fourth-order valence-electron chi connectivity index (χ4n) is 4.69. The van der Waals surface area contributed by atoms with Crippen molar-refractivity contribution in [2.75, 3.05) is 55.6 Å². The molecule has 0 bridgehead atoms. The second-order valence-corrected chi connectivity index (χ2v) is 9.62. The minimum atomic E-state index is -5.19. The molecular weight excluding hydrogens is 523 g/mol. The molecule has 0 atom stereocenters. The first kappa shape index (κ1) is 26.1. The second-order valence-electron chi connectivity index (χ2n) is 9.18. The number of halogens is 4. The van der Waals surface area contributed by atoms with Crippen molar-refractivity contribution in [3.05, 3.63) is 40.8 Å². The van der Waals surface area contributed by atoms with Gasteiger partial charge in [-0.05, 0) is 56.5 Å². The predicted molar refractivity (Wildman–Crippen MR) is 136 cm³/mol. The van der Waals surface area contributed by atoms with E-state index in [-0.39, 0.29) is 11.3 Å². The van der Waals surface area contributed by atoms with Gasteiger partial charge in [0.2, 0.25) is 5.65 Å². The van der Waals surface area contributed by atoms with Crippen LogP contribution in [-0.4, -0.2) is 82.8 Å². The zero-order valence-corrected chi connectivity index (χ0v) is 21.4. The first-order valence-corrected chi connectivity index (χ1v) is 12.6. The summed E-state index contributed by atoms with van der Waals surface area (Å²) >= 11 is 6.21. The van der Waals surface area contributed by atoms with E-state index in [1.807, 2.05) is 30.0 Å². The molecule has 5 rings (SSSR count). The van der Waals surface area contributed by atoms with Gasteiger partial charge in [0, 0.05) is 36.9 Å². The Hall–Kier alpha value is -3.56. The third kappa shape index (κ3) is 5.49. The SMILES string of the molecule is Cc1ccc(Cl)cc1N1CCN(c2ncnc3c2c(C#CCN2CCCC2)nn3OC(=O)C(F)(F)F)CC1. The highest BCUT2D eigenvalue weighted by atomic mass is 35.5. The average molecular weight is 548 g/mol. The van der Waals surface area contributed by atoms with Crippen LogP contribution in [0.5, 0.6) is 0 Å². The van der Waals surface area contributed by atoms with E-state index in [0.717, 1.165) is 37.2 Å². The molecule has 0 saturated carbocycles. The van der Waals surface area contributed by atoms with Crippen molar-refractivity contribution in [1.29, 1.82) is 0 Å². The Morgan fingerprint density at radius 2 is 1.79 bits per heavy atom. The number of likely N-dealkylation sites (tertiary alicyclic amines) is 1. The molecule has 3 aromatic rings. The van der Waals surface area contributed by atoms with Gasteiger partial charge in [-0.1, -0.05) is 28.4 Å². The summed E-state index contributed by atoms with van der Waals surface area (Å²) in [5.74, 6) is 4.06. The minimum Gasteiger partial charge on any atom is -0.368 e. The molecule has 2 fully saturated rings. The summed E-state index contributed by atoms with van der Waals surface area (Å²) in [6.07, 6.45) is -1.77. The fraction of sp³-hybridized carbons (Fsp3) is 0.440. The number of hydrogen-bond acceptors (Lipinski definition) is 8. The maximum atomic E-state index is 12.9. The molecule has 200 valence electrons. The highest BCUT2D eigenvalue weighted by Crippen LogP contribution is 2.30. The van der Waals surface area contributed by atoms with E-state index in [2.05, 4.69) is 41.5 Å². The van der Waals surface area contributed by atoms with Gasteiger partial charge < -0.3 is 14.6 Å². The summed E-state index contributed by atoms with van der Waals surface area (Å²) in [5, 5.41) is 5.07. The van der Waals surface area contributed by atoms with Gasteiger partial charge in [0.15, 0.2) is 5.69 Å². The number of nitrogens with zero attached hydrogens (tertiary/aromatic N) is 7. The summed E-state index contributed by atoms with van der Waals surface area (Å²) in [6.45, 7) is 6.89. The molecule has 0 spiro atoms. The van der Waals surface area contributed by atoms with E-state index >= 15 is 0 Å². The van der Waals surface area contributed by atoms with E-state index in [4.69, 9.17) is 11.6 Å². The van der Waals surface area contributed by atoms with Gasteiger partial charge in [-0.15, -0.1) is 5.10 Å². The van der Waals surface area contributed by atoms with E-state index in [1.54, 1.807) is 0 Å². The maximum absolute atomic E-state index is 12.9. The van der Waals surface area contributed by atoms with Crippen molar-refractivity contribution in [3.8, 4) is 11.8 Å². The Balaban J connectivity index is 1.45. The Kier molecular flexibility index (Phi) is 7.32. The van der Waals surface area contributed by atoms with E-state index in [1.165, 1.54) is 6.33 Å². The number of aromatic nitrogens is 4. The Labute approximate surface area is 222 Å². The van der Waals surface area contributed by atoms with Gasteiger partial charge >= 0.3 is 12.1 Å². The van der Waals surface area contributed by atoms with Crippen molar-refractivity contribution in [2.45, 2.75) is 25.9 Å². The molecule has 2 aliphatic heterocycles. The van der Waals surface area contributed by atoms with Crippen molar-refractivity contribution in [2.24, 2.45) is 0 Å². The number of alkyl halides is 3. The lowest BCUT2D eigenvalue weighted by molar-refractivity contribution is -0.200. The van der Waals surface area contributed by atoms with Crippen LogP contribution in [0.25, 0.3) is 11.0 Å². The molecule has 0 N–H and O–H groups in total. The van der Waals surface area contributed by atoms with Gasteiger partial charge in [0.25, 0.3) is 0 Å².